The number of phenols is 1. The minimum atomic E-state index is -0.157. The van der Waals surface area contributed by atoms with Gasteiger partial charge < -0.3 is 10.4 Å². The van der Waals surface area contributed by atoms with E-state index in [-0.39, 0.29) is 24.1 Å². The minimum absolute atomic E-state index is 0.0941. The number of aromatic hydroxyl groups is 1. The normalized spacial score (nSPS) is 11.9. The van der Waals surface area contributed by atoms with Crippen LogP contribution in [0.4, 0.5) is 0 Å². The maximum Gasteiger partial charge on any atom is 0.224 e. The first kappa shape index (κ1) is 15.8. The van der Waals surface area contributed by atoms with Gasteiger partial charge in [-0.25, -0.2) is 4.68 Å². The number of rotatable bonds is 5. The predicted molar refractivity (Wildman–Crippen MR) is 91.9 cm³/mol. The van der Waals surface area contributed by atoms with E-state index in [4.69, 9.17) is 0 Å². The summed E-state index contributed by atoms with van der Waals surface area (Å²) in [5.41, 5.74) is 2.71. The second-order valence-electron chi connectivity index (χ2n) is 5.65. The van der Waals surface area contributed by atoms with Gasteiger partial charge in [0.2, 0.25) is 5.91 Å². The molecule has 0 saturated carbocycles. The topological polar surface area (TPSA) is 67.2 Å². The highest BCUT2D eigenvalue weighted by Gasteiger charge is 2.14. The summed E-state index contributed by atoms with van der Waals surface area (Å²) in [6.45, 7) is 1.95. The van der Waals surface area contributed by atoms with Crippen LogP contribution in [0.5, 0.6) is 5.75 Å². The van der Waals surface area contributed by atoms with Gasteiger partial charge in [0.15, 0.2) is 0 Å². The largest absolute Gasteiger partial charge is 0.508 e. The molecule has 0 bridgehead atoms. The zero-order chi connectivity index (χ0) is 16.9. The number of phenolic OH excluding ortho intramolecular Hbond substituents is 1. The fourth-order valence-corrected chi connectivity index (χ4v) is 2.70. The molecule has 1 aromatic heterocycles. The first-order valence-corrected chi connectivity index (χ1v) is 7.79. The number of benzene rings is 2. The molecule has 3 aromatic rings. The molecule has 0 saturated heterocycles. The van der Waals surface area contributed by atoms with Gasteiger partial charge in [0.25, 0.3) is 0 Å². The van der Waals surface area contributed by atoms with Gasteiger partial charge >= 0.3 is 0 Å². The van der Waals surface area contributed by atoms with E-state index < -0.39 is 0 Å². The van der Waals surface area contributed by atoms with E-state index in [1.165, 1.54) is 0 Å². The number of nitrogens with one attached hydrogen (secondary N) is 1. The Labute approximate surface area is 140 Å². The molecule has 0 spiro atoms. The Balaban J connectivity index is 1.73. The Bertz CT molecular complexity index is 828. The summed E-state index contributed by atoms with van der Waals surface area (Å²) in [5.74, 6) is 0.0701. The second kappa shape index (κ2) is 7.00. The van der Waals surface area contributed by atoms with Crippen molar-refractivity contribution in [2.45, 2.75) is 19.4 Å². The first-order valence-electron chi connectivity index (χ1n) is 7.79. The van der Waals surface area contributed by atoms with Crippen LogP contribution < -0.4 is 5.32 Å². The molecule has 0 fully saturated rings. The van der Waals surface area contributed by atoms with Gasteiger partial charge in [-0.15, -0.1) is 0 Å². The molecule has 2 N–H and O–H groups in total. The molecule has 1 unspecified atom stereocenters. The van der Waals surface area contributed by atoms with Crippen molar-refractivity contribution in [3.63, 3.8) is 0 Å². The summed E-state index contributed by atoms with van der Waals surface area (Å²) in [4.78, 5) is 12.3. The van der Waals surface area contributed by atoms with Gasteiger partial charge in [0, 0.05) is 12.4 Å². The van der Waals surface area contributed by atoms with Crippen LogP contribution in [0, 0.1) is 0 Å². The smallest absolute Gasteiger partial charge is 0.224 e. The molecular formula is C19H19N3O2. The fraction of sp³-hybridized carbons (Fsp3) is 0.158. The third-order valence-electron chi connectivity index (χ3n) is 3.81. The third-order valence-corrected chi connectivity index (χ3v) is 3.81. The molecule has 1 heterocycles. The molecule has 5 heteroatoms. The van der Waals surface area contributed by atoms with E-state index in [1.54, 1.807) is 29.1 Å². The zero-order valence-corrected chi connectivity index (χ0v) is 13.4. The Morgan fingerprint density at radius 3 is 2.79 bits per heavy atom. The predicted octanol–water partition coefficient (Wildman–Crippen LogP) is 3.00. The van der Waals surface area contributed by atoms with Crippen LogP contribution in [0.3, 0.4) is 0 Å². The number of para-hydroxylation sites is 1. The van der Waals surface area contributed by atoms with Crippen molar-refractivity contribution in [1.29, 1.82) is 0 Å². The zero-order valence-electron chi connectivity index (χ0n) is 13.4. The van der Waals surface area contributed by atoms with Crippen LogP contribution >= 0.6 is 0 Å². The molecule has 0 aliphatic carbocycles. The van der Waals surface area contributed by atoms with Crippen molar-refractivity contribution < 1.29 is 9.90 Å². The standard InChI is InChI=1S/C19H19N3O2/c1-14(21-19(24)13-15-6-4-7-16(23)12-15)17-8-2-3-9-18(17)22-11-5-10-20-22/h2-12,14,23H,13H2,1H3,(H,21,24). The van der Waals surface area contributed by atoms with E-state index in [0.29, 0.717) is 0 Å². The van der Waals surface area contributed by atoms with Crippen LogP contribution in [0.15, 0.2) is 67.0 Å². The van der Waals surface area contributed by atoms with Gasteiger partial charge in [-0.2, -0.15) is 5.10 Å². The number of amides is 1. The van der Waals surface area contributed by atoms with Gasteiger partial charge in [0.05, 0.1) is 18.2 Å². The number of carbonyl (C=O) groups excluding carboxylic acids is 1. The average molecular weight is 321 g/mol. The lowest BCUT2D eigenvalue weighted by Crippen LogP contribution is -2.28. The number of hydrogen-bond donors (Lipinski definition) is 2. The Morgan fingerprint density at radius 1 is 1.21 bits per heavy atom. The van der Waals surface area contributed by atoms with Crippen LogP contribution in [-0.2, 0) is 11.2 Å². The van der Waals surface area contributed by atoms with Crippen LogP contribution in [0.2, 0.25) is 0 Å². The summed E-state index contributed by atoms with van der Waals surface area (Å²) >= 11 is 0. The number of carbonyl (C=O) groups is 1. The Hall–Kier alpha value is -3.08. The lowest BCUT2D eigenvalue weighted by atomic mass is 10.1. The molecule has 122 valence electrons. The molecule has 0 aliphatic heterocycles. The highest BCUT2D eigenvalue weighted by Crippen LogP contribution is 2.21. The van der Waals surface area contributed by atoms with Crippen LogP contribution in [0.1, 0.15) is 24.1 Å². The van der Waals surface area contributed by atoms with Crippen molar-refractivity contribution >= 4 is 5.91 Å². The van der Waals surface area contributed by atoms with Crippen molar-refractivity contribution in [3.8, 4) is 11.4 Å². The molecule has 1 atom stereocenters. The minimum Gasteiger partial charge on any atom is -0.508 e. The van der Waals surface area contributed by atoms with Crippen LogP contribution in [-0.4, -0.2) is 20.8 Å². The number of hydrogen-bond acceptors (Lipinski definition) is 3. The van der Waals surface area contributed by atoms with Crippen molar-refractivity contribution in [2.75, 3.05) is 0 Å². The molecule has 0 radical (unpaired) electrons. The molecule has 3 rings (SSSR count). The molecule has 5 nitrogen and oxygen atoms in total. The van der Waals surface area contributed by atoms with Gasteiger partial charge in [-0.1, -0.05) is 30.3 Å². The molecule has 0 aliphatic rings. The number of nitrogens with zero attached hydrogens (tertiary/aromatic N) is 2. The van der Waals surface area contributed by atoms with E-state index in [9.17, 15) is 9.90 Å². The molecule has 1 amide bonds. The highest BCUT2D eigenvalue weighted by atomic mass is 16.3. The van der Waals surface area contributed by atoms with Crippen molar-refractivity contribution in [2.24, 2.45) is 0 Å². The lowest BCUT2D eigenvalue weighted by Gasteiger charge is -2.18. The summed E-state index contributed by atoms with van der Waals surface area (Å²) in [5, 5.41) is 16.8. The van der Waals surface area contributed by atoms with Gasteiger partial charge in [-0.05, 0) is 42.3 Å². The maximum absolute atomic E-state index is 12.3. The molecule has 24 heavy (non-hydrogen) atoms. The van der Waals surface area contributed by atoms with E-state index >= 15 is 0 Å². The van der Waals surface area contributed by atoms with E-state index in [1.807, 2.05) is 49.5 Å². The molecular weight excluding hydrogens is 302 g/mol. The summed E-state index contributed by atoms with van der Waals surface area (Å²) in [7, 11) is 0. The SMILES string of the molecule is CC(NC(=O)Cc1cccc(O)c1)c1ccccc1-n1cccn1. The first-order chi connectivity index (χ1) is 11.6. The fourth-order valence-electron chi connectivity index (χ4n) is 2.70. The van der Waals surface area contributed by atoms with E-state index in [2.05, 4.69) is 10.4 Å². The lowest BCUT2D eigenvalue weighted by molar-refractivity contribution is -0.121. The number of aromatic nitrogens is 2. The summed E-state index contributed by atoms with van der Waals surface area (Å²) < 4.78 is 1.78. The summed E-state index contributed by atoms with van der Waals surface area (Å²) in [6.07, 6.45) is 3.82. The van der Waals surface area contributed by atoms with Gasteiger partial charge in [-0.3, -0.25) is 4.79 Å². The second-order valence-corrected chi connectivity index (χ2v) is 5.65. The Kier molecular flexibility index (Phi) is 4.61. The van der Waals surface area contributed by atoms with Crippen molar-refractivity contribution in [1.82, 2.24) is 15.1 Å². The Morgan fingerprint density at radius 2 is 2.04 bits per heavy atom. The molecule has 2 aromatic carbocycles. The maximum atomic E-state index is 12.3. The van der Waals surface area contributed by atoms with E-state index in [0.717, 1.165) is 16.8 Å². The van der Waals surface area contributed by atoms with Crippen molar-refractivity contribution in [3.05, 3.63) is 78.1 Å². The summed E-state index contributed by atoms with van der Waals surface area (Å²) in [6, 6.07) is 16.3. The highest BCUT2D eigenvalue weighted by molar-refractivity contribution is 5.79. The quantitative estimate of drug-likeness (QED) is 0.759. The average Bonchev–Trinajstić information content (AvgIpc) is 3.09. The monoisotopic (exact) mass is 321 g/mol. The van der Waals surface area contributed by atoms with Crippen LogP contribution in [0.25, 0.3) is 5.69 Å². The third kappa shape index (κ3) is 3.63. The van der Waals surface area contributed by atoms with Gasteiger partial charge in [0.1, 0.15) is 5.75 Å².